The summed E-state index contributed by atoms with van der Waals surface area (Å²) >= 11 is 5.85. The molecule has 1 saturated heterocycles. The summed E-state index contributed by atoms with van der Waals surface area (Å²) in [5, 5.41) is 3.36. The Balaban J connectivity index is 1.74. The summed E-state index contributed by atoms with van der Waals surface area (Å²) in [4.78, 5) is 12.4. The number of nitrogens with one attached hydrogen (secondary N) is 2. The van der Waals surface area contributed by atoms with E-state index in [1.54, 1.807) is 24.3 Å². The molecular formula is C20H23ClN2O5S. The molecule has 1 atom stereocenters. The van der Waals surface area contributed by atoms with Crippen molar-refractivity contribution in [1.82, 2.24) is 10.0 Å². The minimum Gasteiger partial charge on any atom is -0.495 e. The molecule has 9 heteroatoms. The van der Waals surface area contributed by atoms with Crippen molar-refractivity contribution in [1.29, 1.82) is 0 Å². The van der Waals surface area contributed by atoms with Gasteiger partial charge < -0.3 is 14.8 Å². The van der Waals surface area contributed by atoms with Crippen molar-refractivity contribution in [3.63, 3.8) is 0 Å². The number of carbonyl (C=O) groups excluding carboxylic acids is 1. The van der Waals surface area contributed by atoms with Crippen molar-refractivity contribution < 1.29 is 22.7 Å². The highest BCUT2D eigenvalue weighted by molar-refractivity contribution is 7.89. The molecule has 1 aliphatic heterocycles. The normalized spacial score (nSPS) is 16.6. The first kappa shape index (κ1) is 21.6. The van der Waals surface area contributed by atoms with Crippen LogP contribution in [0.1, 0.15) is 28.8 Å². The number of carbonyl (C=O) groups is 1. The summed E-state index contributed by atoms with van der Waals surface area (Å²) in [5.74, 6) is -0.207. The number of methoxy groups -OCH3 is 1. The fourth-order valence-corrected chi connectivity index (χ4v) is 4.34. The van der Waals surface area contributed by atoms with E-state index in [4.69, 9.17) is 21.1 Å². The van der Waals surface area contributed by atoms with Crippen LogP contribution in [0.15, 0.2) is 47.4 Å². The van der Waals surface area contributed by atoms with Crippen LogP contribution in [-0.2, 0) is 21.3 Å². The van der Waals surface area contributed by atoms with Crippen LogP contribution in [0.2, 0.25) is 5.02 Å². The number of halogens is 1. The standard InChI is InChI=1S/C20H23ClN2O5S/c1-27-18-9-6-15(20(24)22-13-17-3-2-10-28-17)11-19(18)29(25,26)23-12-14-4-7-16(21)8-5-14/h4-9,11,17,23H,2-3,10,12-13H2,1H3,(H,22,24). The fraction of sp³-hybridized carbons (Fsp3) is 0.350. The second-order valence-corrected chi connectivity index (χ2v) is 8.83. The molecule has 1 unspecified atom stereocenters. The Labute approximate surface area is 175 Å². The first-order chi connectivity index (χ1) is 13.9. The Hall–Kier alpha value is -2.13. The van der Waals surface area contributed by atoms with Gasteiger partial charge in [-0.15, -0.1) is 0 Å². The number of rotatable bonds is 8. The number of hydrogen-bond acceptors (Lipinski definition) is 5. The minimum atomic E-state index is -3.91. The quantitative estimate of drug-likeness (QED) is 0.661. The highest BCUT2D eigenvalue weighted by Gasteiger charge is 2.22. The van der Waals surface area contributed by atoms with Gasteiger partial charge in [-0.3, -0.25) is 4.79 Å². The van der Waals surface area contributed by atoms with Gasteiger partial charge in [0.1, 0.15) is 10.6 Å². The van der Waals surface area contributed by atoms with Gasteiger partial charge in [-0.1, -0.05) is 23.7 Å². The monoisotopic (exact) mass is 438 g/mol. The third kappa shape index (κ3) is 5.70. The van der Waals surface area contributed by atoms with Gasteiger partial charge in [0.15, 0.2) is 0 Å². The molecule has 0 spiro atoms. The first-order valence-electron chi connectivity index (χ1n) is 9.21. The largest absolute Gasteiger partial charge is 0.495 e. The SMILES string of the molecule is COc1ccc(C(=O)NCC2CCCO2)cc1S(=O)(=O)NCc1ccc(Cl)cc1. The molecule has 1 aliphatic rings. The van der Waals surface area contributed by atoms with E-state index in [1.165, 1.54) is 25.3 Å². The summed E-state index contributed by atoms with van der Waals surface area (Å²) < 4.78 is 38.8. The van der Waals surface area contributed by atoms with Crippen molar-refractivity contribution in [2.24, 2.45) is 0 Å². The smallest absolute Gasteiger partial charge is 0.251 e. The number of amides is 1. The summed E-state index contributed by atoms with van der Waals surface area (Å²) in [7, 11) is -2.53. The molecular weight excluding hydrogens is 416 g/mol. The van der Waals surface area contributed by atoms with E-state index < -0.39 is 10.0 Å². The molecule has 2 N–H and O–H groups in total. The second kappa shape index (κ2) is 9.58. The minimum absolute atomic E-state index is 0.00134. The van der Waals surface area contributed by atoms with Crippen molar-refractivity contribution in [3.05, 3.63) is 58.6 Å². The topological polar surface area (TPSA) is 93.7 Å². The van der Waals surface area contributed by atoms with Crippen LogP contribution in [0, 0.1) is 0 Å². The van der Waals surface area contributed by atoms with Crippen LogP contribution in [0.25, 0.3) is 0 Å². The lowest BCUT2D eigenvalue weighted by molar-refractivity contribution is 0.0857. The molecule has 156 valence electrons. The molecule has 1 heterocycles. The van der Waals surface area contributed by atoms with Crippen LogP contribution in [0.3, 0.4) is 0 Å². The van der Waals surface area contributed by atoms with Crippen molar-refractivity contribution in [2.75, 3.05) is 20.3 Å². The third-order valence-corrected chi connectivity index (χ3v) is 6.28. The number of ether oxygens (including phenoxy) is 2. The van der Waals surface area contributed by atoms with E-state index in [-0.39, 0.29) is 34.8 Å². The van der Waals surface area contributed by atoms with Crippen molar-refractivity contribution >= 4 is 27.5 Å². The van der Waals surface area contributed by atoms with Crippen LogP contribution in [0.4, 0.5) is 0 Å². The molecule has 0 aromatic heterocycles. The van der Waals surface area contributed by atoms with E-state index in [2.05, 4.69) is 10.0 Å². The predicted molar refractivity (Wildman–Crippen MR) is 110 cm³/mol. The fourth-order valence-electron chi connectivity index (χ4n) is 3.00. The van der Waals surface area contributed by atoms with Crippen molar-refractivity contribution in [3.8, 4) is 5.75 Å². The third-order valence-electron chi connectivity index (χ3n) is 4.61. The molecule has 7 nitrogen and oxygen atoms in total. The predicted octanol–water partition coefficient (Wildman–Crippen LogP) is 2.74. The molecule has 0 radical (unpaired) electrons. The summed E-state index contributed by atoms with van der Waals surface area (Å²) in [6.07, 6.45) is 1.88. The molecule has 2 aromatic carbocycles. The van der Waals surface area contributed by atoms with Gasteiger partial charge in [0.25, 0.3) is 5.91 Å². The molecule has 1 fully saturated rings. The maximum Gasteiger partial charge on any atom is 0.251 e. The van der Waals surface area contributed by atoms with Crippen LogP contribution < -0.4 is 14.8 Å². The van der Waals surface area contributed by atoms with Gasteiger partial charge in [-0.25, -0.2) is 13.1 Å². The van der Waals surface area contributed by atoms with Crippen LogP contribution >= 0.6 is 11.6 Å². The van der Waals surface area contributed by atoms with E-state index in [1.807, 2.05) is 0 Å². The number of benzene rings is 2. The lowest BCUT2D eigenvalue weighted by Crippen LogP contribution is -2.32. The zero-order valence-electron chi connectivity index (χ0n) is 16.0. The maximum atomic E-state index is 12.8. The maximum absolute atomic E-state index is 12.8. The zero-order chi connectivity index (χ0) is 20.9. The zero-order valence-corrected chi connectivity index (χ0v) is 17.6. The molecule has 3 rings (SSSR count). The average Bonchev–Trinajstić information content (AvgIpc) is 3.25. The Bertz CT molecular complexity index is 957. The van der Waals surface area contributed by atoms with E-state index in [0.29, 0.717) is 18.2 Å². The van der Waals surface area contributed by atoms with Gasteiger partial charge >= 0.3 is 0 Å². The molecule has 0 aliphatic carbocycles. The lowest BCUT2D eigenvalue weighted by atomic mass is 10.2. The van der Waals surface area contributed by atoms with Gasteiger partial charge in [0, 0.05) is 30.3 Å². The van der Waals surface area contributed by atoms with Gasteiger partial charge in [0.05, 0.1) is 13.2 Å². The van der Waals surface area contributed by atoms with E-state index in [0.717, 1.165) is 18.4 Å². The van der Waals surface area contributed by atoms with Crippen LogP contribution in [0.5, 0.6) is 5.75 Å². The first-order valence-corrected chi connectivity index (χ1v) is 11.1. The highest BCUT2D eigenvalue weighted by atomic mass is 35.5. The van der Waals surface area contributed by atoms with Gasteiger partial charge in [0.2, 0.25) is 10.0 Å². The van der Waals surface area contributed by atoms with Crippen molar-refractivity contribution in [2.45, 2.75) is 30.4 Å². The Morgan fingerprint density at radius 3 is 2.66 bits per heavy atom. The molecule has 29 heavy (non-hydrogen) atoms. The Morgan fingerprint density at radius 1 is 1.24 bits per heavy atom. The number of sulfonamides is 1. The van der Waals surface area contributed by atoms with Crippen LogP contribution in [-0.4, -0.2) is 40.7 Å². The Kier molecular flexibility index (Phi) is 7.13. The average molecular weight is 439 g/mol. The van der Waals surface area contributed by atoms with E-state index >= 15 is 0 Å². The highest BCUT2D eigenvalue weighted by Crippen LogP contribution is 2.25. The lowest BCUT2D eigenvalue weighted by Gasteiger charge is -2.14. The number of hydrogen-bond donors (Lipinski definition) is 2. The summed E-state index contributed by atoms with van der Waals surface area (Å²) in [6.45, 7) is 1.17. The van der Waals surface area contributed by atoms with Gasteiger partial charge in [-0.2, -0.15) is 0 Å². The van der Waals surface area contributed by atoms with E-state index in [9.17, 15) is 13.2 Å². The molecule has 1 amide bonds. The molecule has 2 aromatic rings. The molecule has 0 saturated carbocycles. The Morgan fingerprint density at radius 2 is 2.00 bits per heavy atom. The summed E-state index contributed by atoms with van der Waals surface area (Å²) in [5.41, 5.74) is 0.984. The summed E-state index contributed by atoms with van der Waals surface area (Å²) in [6, 6.07) is 11.2. The molecule has 0 bridgehead atoms. The second-order valence-electron chi connectivity index (χ2n) is 6.66. The van der Waals surface area contributed by atoms with Gasteiger partial charge in [-0.05, 0) is 48.7 Å².